The summed E-state index contributed by atoms with van der Waals surface area (Å²) in [7, 11) is 0. The van der Waals surface area contributed by atoms with Gasteiger partial charge < -0.3 is 5.32 Å². The number of rotatable bonds is 4. The third-order valence-electron chi connectivity index (χ3n) is 3.98. The number of amides is 1. The zero-order chi connectivity index (χ0) is 18.1. The largest absolute Gasteiger partial charge is 0.324 e. The number of nitrogens with zero attached hydrogens (tertiary/aromatic N) is 4. The SMILES string of the molecule is Cc1ccccc1NC(=O)Cn1ncn2nc(-c3cccs3)cc2c1=O. The maximum atomic E-state index is 12.6. The van der Waals surface area contributed by atoms with E-state index in [1.807, 2.05) is 48.7 Å². The minimum atomic E-state index is -0.359. The van der Waals surface area contributed by atoms with Crippen molar-refractivity contribution in [2.75, 3.05) is 5.32 Å². The molecule has 0 atom stereocenters. The second kappa shape index (κ2) is 6.57. The highest BCUT2D eigenvalue weighted by atomic mass is 32.1. The molecule has 0 radical (unpaired) electrons. The molecule has 0 spiro atoms. The van der Waals surface area contributed by atoms with Crippen molar-refractivity contribution in [2.45, 2.75) is 13.5 Å². The average molecular weight is 365 g/mol. The Bertz CT molecular complexity index is 1140. The number of hydrogen-bond acceptors (Lipinski definition) is 5. The van der Waals surface area contributed by atoms with Crippen molar-refractivity contribution in [1.82, 2.24) is 19.4 Å². The number of fused-ring (bicyclic) bond motifs is 1. The number of aryl methyl sites for hydroxylation is 1. The van der Waals surface area contributed by atoms with Gasteiger partial charge in [0.2, 0.25) is 5.91 Å². The Labute approximate surface area is 152 Å². The summed E-state index contributed by atoms with van der Waals surface area (Å²) in [6, 6.07) is 13.0. The molecule has 0 unspecified atom stereocenters. The molecule has 0 aliphatic rings. The van der Waals surface area contributed by atoms with Gasteiger partial charge in [0.05, 0.1) is 4.88 Å². The lowest BCUT2D eigenvalue weighted by Gasteiger charge is -2.08. The van der Waals surface area contributed by atoms with Crippen LogP contribution >= 0.6 is 11.3 Å². The van der Waals surface area contributed by atoms with Crippen LogP contribution in [-0.2, 0) is 11.3 Å². The van der Waals surface area contributed by atoms with Crippen LogP contribution < -0.4 is 10.9 Å². The number of carbonyl (C=O) groups excluding carboxylic acids is 1. The van der Waals surface area contributed by atoms with Gasteiger partial charge >= 0.3 is 0 Å². The van der Waals surface area contributed by atoms with Gasteiger partial charge in [-0.15, -0.1) is 11.3 Å². The number of anilines is 1. The smallest absolute Gasteiger partial charge is 0.293 e. The normalized spacial score (nSPS) is 11.0. The molecular formula is C18H15N5O2S. The molecule has 3 heterocycles. The first kappa shape index (κ1) is 16.2. The Hall–Kier alpha value is -3.26. The molecule has 0 saturated carbocycles. The van der Waals surface area contributed by atoms with E-state index >= 15 is 0 Å². The Balaban J connectivity index is 1.61. The number of thiophene rings is 1. The fraction of sp³-hybridized carbons (Fsp3) is 0.111. The van der Waals surface area contributed by atoms with Crippen molar-refractivity contribution in [3.63, 3.8) is 0 Å². The molecule has 26 heavy (non-hydrogen) atoms. The third-order valence-corrected chi connectivity index (χ3v) is 4.87. The van der Waals surface area contributed by atoms with Gasteiger partial charge in [-0.25, -0.2) is 9.20 Å². The van der Waals surface area contributed by atoms with E-state index in [0.29, 0.717) is 11.2 Å². The molecular weight excluding hydrogens is 350 g/mol. The summed E-state index contributed by atoms with van der Waals surface area (Å²) < 4.78 is 2.58. The number of hydrogen-bond donors (Lipinski definition) is 1. The van der Waals surface area contributed by atoms with Crippen LogP contribution in [0.5, 0.6) is 0 Å². The lowest BCUT2D eigenvalue weighted by molar-refractivity contribution is -0.117. The molecule has 4 rings (SSSR count). The molecule has 4 aromatic rings. The lowest BCUT2D eigenvalue weighted by atomic mass is 10.2. The fourth-order valence-electron chi connectivity index (χ4n) is 2.63. The maximum absolute atomic E-state index is 12.6. The van der Waals surface area contributed by atoms with Crippen LogP contribution in [-0.4, -0.2) is 25.3 Å². The zero-order valence-electron chi connectivity index (χ0n) is 13.9. The Morgan fingerprint density at radius 1 is 1.23 bits per heavy atom. The van der Waals surface area contributed by atoms with Crippen LogP contribution in [0, 0.1) is 6.92 Å². The highest BCUT2D eigenvalue weighted by Crippen LogP contribution is 2.23. The molecule has 0 fully saturated rings. The van der Waals surface area contributed by atoms with Crippen LogP contribution in [0.2, 0.25) is 0 Å². The minimum Gasteiger partial charge on any atom is -0.324 e. The van der Waals surface area contributed by atoms with Gasteiger partial charge in [-0.05, 0) is 36.1 Å². The maximum Gasteiger partial charge on any atom is 0.293 e. The first-order chi connectivity index (χ1) is 12.6. The molecule has 1 N–H and O–H groups in total. The first-order valence-corrected chi connectivity index (χ1v) is 8.84. The summed E-state index contributed by atoms with van der Waals surface area (Å²) in [5, 5.41) is 13.2. The van der Waals surface area contributed by atoms with Crippen molar-refractivity contribution in [1.29, 1.82) is 0 Å². The van der Waals surface area contributed by atoms with Gasteiger partial charge in [-0.2, -0.15) is 10.2 Å². The zero-order valence-corrected chi connectivity index (χ0v) is 14.7. The number of benzene rings is 1. The summed E-state index contributed by atoms with van der Waals surface area (Å²) in [5.41, 5.74) is 2.40. The van der Waals surface area contributed by atoms with Crippen molar-refractivity contribution in [2.24, 2.45) is 0 Å². The number of carbonyl (C=O) groups is 1. The highest BCUT2D eigenvalue weighted by Gasteiger charge is 2.13. The van der Waals surface area contributed by atoms with Crippen molar-refractivity contribution in [3.05, 3.63) is 70.1 Å². The summed E-state index contributed by atoms with van der Waals surface area (Å²) in [6.07, 6.45) is 1.44. The monoisotopic (exact) mass is 365 g/mol. The Morgan fingerprint density at radius 2 is 2.08 bits per heavy atom. The average Bonchev–Trinajstić information content (AvgIpc) is 3.29. The van der Waals surface area contributed by atoms with Gasteiger partial charge in [0, 0.05) is 5.69 Å². The Kier molecular flexibility index (Phi) is 4.10. The molecule has 0 saturated heterocycles. The van der Waals surface area contributed by atoms with Crippen LogP contribution in [0.3, 0.4) is 0 Å². The van der Waals surface area contributed by atoms with E-state index in [1.54, 1.807) is 17.4 Å². The van der Waals surface area contributed by atoms with Crippen LogP contribution in [0.4, 0.5) is 5.69 Å². The number of nitrogens with one attached hydrogen (secondary N) is 1. The van der Waals surface area contributed by atoms with E-state index < -0.39 is 0 Å². The molecule has 3 aromatic heterocycles. The molecule has 1 amide bonds. The van der Waals surface area contributed by atoms with Gasteiger partial charge in [-0.1, -0.05) is 24.3 Å². The molecule has 7 nitrogen and oxygen atoms in total. The minimum absolute atomic E-state index is 0.164. The second-order valence-corrected chi connectivity index (χ2v) is 6.74. The van der Waals surface area contributed by atoms with E-state index in [4.69, 9.17) is 0 Å². The van der Waals surface area contributed by atoms with Crippen LogP contribution in [0.25, 0.3) is 16.1 Å². The molecule has 0 aliphatic heterocycles. The third kappa shape index (κ3) is 3.02. The second-order valence-electron chi connectivity index (χ2n) is 5.79. The predicted molar refractivity (Wildman–Crippen MR) is 100 cm³/mol. The van der Waals surface area contributed by atoms with Gasteiger partial charge in [-0.3, -0.25) is 9.59 Å². The lowest BCUT2D eigenvalue weighted by Crippen LogP contribution is -2.30. The number of aromatic nitrogens is 4. The van der Waals surface area contributed by atoms with Crippen molar-refractivity contribution in [3.8, 4) is 10.6 Å². The van der Waals surface area contributed by atoms with Crippen molar-refractivity contribution < 1.29 is 4.79 Å². The molecule has 0 aliphatic carbocycles. The summed E-state index contributed by atoms with van der Waals surface area (Å²) in [4.78, 5) is 25.9. The standard InChI is InChI=1S/C18H15N5O2S/c1-12-5-2-3-6-13(12)20-17(24)10-22-18(25)15-9-14(16-7-4-8-26-16)21-23(15)11-19-22/h2-9,11H,10H2,1H3,(H,20,24). The molecule has 8 heteroatoms. The summed E-state index contributed by atoms with van der Waals surface area (Å²) >= 11 is 1.55. The first-order valence-electron chi connectivity index (χ1n) is 7.97. The van der Waals surface area contributed by atoms with Crippen LogP contribution in [0.15, 0.2) is 59.0 Å². The van der Waals surface area contributed by atoms with Gasteiger partial charge in [0.1, 0.15) is 24.1 Å². The quantitative estimate of drug-likeness (QED) is 0.603. The van der Waals surface area contributed by atoms with Crippen LogP contribution in [0.1, 0.15) is 5.56 Å². The molecule has 0 bridgehead atoms. The highest BCUT2D eigenvalue weighted by molar-refractivity contribution is 7.13. The van der Waals surface area contributed by atoms with E-state index in [9.17, 15) is 9.59 Å². The number of para-hydroxylation sites is 1. The summed E-state index contributed by atoms with van der Waals surface area (Å²) in [6.45, 7) is 1.74. The van der Waals surface area contributed by atoms with E-state index in [-0.39, 0.29) is 18.0 Å². The van der Waals surface area contributed by atoms with E-state index in [1.165, 1.54) is 10.8 Å². The van der Waals surface area contributed by atoms with E-state index in [2.05, 4.69) is 15.5 Å². The topological polar surface area (TPSA) is 81.3 Å². The van der Waals surface area contributed by atoms with E-state index in [0.717, 1.165) is 20.8 Å². The summed E-state index contributed by atoms with van der Waals surface area (Å²) in [5.74, 6) is -0.309. The molecule has 130 valence electrons. The van der Waals surface area contributed by atoms with Gasteiger partial charge in [0.15, 0.2) is 0 Å². The predicted octanol–water partition coefficient (Wildman–Crippen LogP) is 2.57. The van der Waals surface area contributed by atoms with Crippen molar-refractivity contribution >= 4 is 28.4 Å². The Morgan fingerprint density at radius 3 is 2.85 bits per heavy atom. The fourth-order valence-corrected chi connectivity index (χ4v) is 3.32. The molecule has 1 aromatic carbocycles. The van der Waals surface area contributed by atoms with Gasteiger partial charge in [0.25, 0.3) is 5.56 Å².